The molecule has 0 atom stereocenters. The first-order chi connectivity index (χ1) is 10.1. The molecule has 2 N–H and O–H groups in total. The molecule has 5 nitrogen and oxygen atoms in total. The van der Waals surface area contributed by atoms with Crippen molar-refractivity contribution < 1.29 is 14.3 Å². The van der Waals surface area contributed by atoms with Crippen LogP contribution < -0.4 is 15.2 Å². The summed E-state index contributed by atoms with van der Waals surface area (Å²) in [5.74, 6) is 0.626. The molecule has 6 heteroatoms. The quantitative estimate of drug-likeness (QED) is 0.760. The molecular weight excluding hydrogens is 383 g/mol. The van der Waals surface area contributed by atoms with Gasteiger partial charge >= 0.3 is 0 Å². The lowest BCUT2D eigenvalue weighted by Crippen LogP contribution is -2.12. The maximum atomic E-state index is 11.3. The maximum absolute atomic E-state index is 11.3. The number of benzene rings is 1. The first kappa shape index (κ1) is 15.6. The Morgan fingerprint density at radius 1 is 1.38 bits per heavy atom. The molecule has 0 saturated heterocycles. The average molecular weight is 398 g/mol. The predicted octanol–water partition coefficient (Wildman–Crippen LogP) is 2.76. The number of hydrogen-bond acceptors (Lipinski definition) is 4. The van der Waals surface area contributed by atoms with E-state index in [1.54, 1.807) is 24.5 Å². The van der Waals surface area contributed by atoms with Crippen LogP contribution in [-0.2, 0) is 6.61 Å². The number of ether oxygens (including phenoxy) is 2. The van der Waals surface area contributed by atoms with Gasteiger partial charge in [0.2, 0.25) is 5.91 Å². The Bertz CT molecular complexity index is 632. The van der Waals surface area contributed by atoms with Crippen LogP contribution in [0.25, 0.3) is 0 Å². The number of primary amides is 1. The first-order valence-electron chi connectivity index (χ1n) is 6.39. The van der Waals surface area contributed by atoms with Crippen molar-refractivity contribution in [2.75, 3.05) is 6.61 Å². The van der Waals surface area contributed by atoms with E-state index < -0.39 is 5.91 Å². The second-order valence-electron chi connectivity index (χ2n) is 4.23. The summed E-state index contributed by atoms with van der Waals surface area (Å²) in [6.45, 7) is 2.72. The van der Waals surface area contributed by atoms with Gasteiger partial charge in [-0.25, -0.2) is 0 Å². The van der Waals surface area contributed by atoms with Crippen LogP contribution >= 0.6 is 22.6 Å². The molecule has 1 aromatic heterocycles. The van der Waals surface area contributed by atoms with Crippen molar-refractivity contribution in [3.8, 4) is 11.5 Å². The van der Waals surface area contributed by atoms with Crippen LogP contribution in [0.3, 0.4) is 0 Å². The molecule has 1 aromatic carbocycles. The molecule has 0 fully saturated rings. The molecule has 2 rings (SSSR count). The minimum absolute atomic E-state index is 0.375. The van der Waals surface area contributed by atoms with Crippen molar-refractivity contribution in [1.82, 2.24) is 4.98 Å². The van der Waals surface area contributed by atoms with E-state index in [1.807, 2.05) is 19.1 Å². The number of nitrogens with two attached hydrogens (primary N) is 1. The highest BCUT2D eigenvalue weighted by molar-refractivity contribution is 14.1. The van der Waals surface area contributed by atoms with Crippen molar-refractivity contribution in [3.05, 3.63) is 51.4 Å². The number of pyridine rings is 1. The lowest BCUT2D eigenvalue weighted by Gasteiger charge is -2.14. The third-order valence-corrected chi connectivity index (χ3v) is 3.50. The zero-order valence-electron chi connectivity index (χ0n) is 11.5. The predicted molar refractivity (Wildman–Crippen MR) is 87.4 cm³/mol. The normalized spacial score (nSPS) is 10.2. The van der Waals surface area contributed by atoms with Crippen LogP contribution in [0.1, 0.15) is 22.8 Å². The van der Waals surface area contributed by atoms with Gasteiger partial charge in [-0.3, -0.25) is 9.78 Å². The fourth-order valence-electron chi connectivity index (χ4n) is 1.75. The maximum Gasteiger partial charge on any atom is 0.248 e. The molecule has 1 amide bonds. The van der Waals surface area contributed by atoms with E-state index in [0.717, 1.165) is 9.13 Å². The third kappa shape index (κ3) is 4.07. The summed E-state index contributed by atoms with van der Waals surface area (Å²) in [6, 6.07) is 7.07. The number of carbonyl (C=O) groups excluding carboxylic acids is 1. The van der Waals surface area contributed by atoms with E-state index in [9.17, 15) is 4.79 Å². The first-order valence-corrected chi connectivity index (χ1v) is 7.47. The Hall–Kier alpha value is -1.83. The van der Waals surface area contributed by atoms with Gasteiger partial charge in [-0.1, -0.05) is 6.07 Å². The molecule has 1 heterocycles. The van der Waals surface area contributed by atoms with E-state index in [4.69, 9.17) is 15.2 Å². The monoisotopic (exact) mass is 398 g/mol. The fourth-order valence-corrected chi connectivity index (χ4v) is 2.51. The fraction of sp³-hybridized carbons (Fsp3) is 0.200. The number of halogens is 1. The molecule has 0 spiro atoms. The Morgan fingerprint density at radius 2 is 2.19 bits per heavy atom. The highest BCUT2D eigenvalue weighted by Crippen LogP contribution is 2.34. The third-order valence-electron chi connectivity index (χ3n) is 2.70. The summed E-state index contributed by atoms with van der Waals surface area (Å²) in [4.78, 5) is 15.4. The average Bonchev–Trinajstić information content (AvgIpc) is 2.47. The topological polar surface area (TPSA) is 74.4 Å². The molecular formula is C15H15IN2O3. The summed E-state index contributed by atoms with van der Waals surface area (Å²) < 4.78 is 12.1. The van der Waals surface area contributed by atoms with Gasteiger partial charge in [0.05, 0.1) is 10.2 Å². The Kier molecular flexibility index (Phi) is 5.38. The zero-order valence-corrected chi connectivity index (χ0v) is 13.7. The molecule has 110 valence electrons. The van der Waals surface area contributed by atoms with Crippen molar-refractivity contribution in [2.24, 2.45) is 5.73 Å². The van der Waals surface area contributed by atoms with Gasteiger partial charge < -0.3 is 15.2 Å². The lowest BCUT2D eigenvalue weighted by atomic mass is 10.2. The van der Waals surface area contributed by atoms with Gasteiger partial charge in [-0.05, 0) is 47.7 Å². The van der Waals surface area contributed by atoms with Crippen LogP contribution in [0, 0.1) is 3.57 Å². The number of carbonyl (C=O) groups is 1. The van der Waals surface area contributed by atoms with Gasteiger partial charge in [0.25, 0.3) is 0 Å². The smallest absolute Gasteiger partial charge is 0.248 e. The molecule has 0 unspecified atom stereocenters. The van der Waals surface area contributed by atoms with Gasteiger partial charge in [0.15, 0.2) is 11.5 Å². The molecule has 0 aliphatic carbocycles. The number of hydrogen-bond donors (Lipinski definition) is 1. The SMILES string of the molecule is CCOc1cc(C(N)=O)cc(I)c1OCc1cccnc1. The van der Waals surface area contributed by atoms with Crippen LogP contribution in [0.2, 0.25) is 0 Å². The van der Waals surface area contributed by atoms with Crippen molar-refractivity contribution in [3.63, 3.8) is 0 Å². The van der Waals surface area contributed by atoms with Crippen LogP contribution in [0.4, 0.5) is 0 Å². The number of aromatic nitrogens is 1. The second-order valence-corrected chi connectivity index (χ2v) is 5.39. The summed E-state index contributed by atoms with van der Waals surface area (Å²) in [5.41, 5.74) is 6.67. The number of amides is 1. The van der Waals surface area contributed by atoms with Crippen LogP contribution in [-0.4, -0.2) is 17.5 Å². The van der Waals surface area contributed by atoms with E-state index in [2.05, 4.69) is 27.6 Å². The minimum Gasteiger partial charge on any atom is -0.490 e. The van der Waals surface area contributed by atoms with E-state index >= 15 is 0 Å². The Balaban J connectivity index is 2.26. The molecule has 0 saturated carbocycles. The van der Waals surface area contributed by atoms with Gasteiger partial charge in [-0.15, -0.1) is 0 Å². The molecule has 21 heavy (non-hydrogen) atoms. The molecule has 0 bridgehead atoms. The number of rotatable bonds is 6. The molecule has 2 aromatic rings. The van der Waals surface area contributed by atoms with E-state index in [-0.39, 0.29) is 0 Å². The van der Waals surface area contributed by atoms with Crippen molar-refractivity contribution in [1.29, 1.82) is 0 Å². The highest BCUT2D eigenvalue weighted by atomic mass is 127. The van der Waals surface area contributed by atoms with Gasteiger partial charge in [-0.2, -0.15) is 0 Å². The summed E-state index contributed by atoms with van der Waals surface area (Å²) in [6.07, 6.45) is 3.45. The minimum atomic E-state index is -0.493. The molecule has 0 aliphatic heterocycles. The summed E-state index contributed by atoms with van der Waals surface area (Å²) in [5, 5.41) is 0. The number of nitrogens with zero attached hydrogens (tertiary/aromatic N) is 1. The van der Waals surface area contributed by atoms with Crippen molar-refractivity contribution in [2.45, 2.75) is 13.5 Å². The summed E-state index contributed by atoms with van der Waals surface area (Å²) in [7, 11) is 0. The largest absolute Gasteiger partial charge is 0.490 e. The van der Waals surface area contributed by atoms with E-state index in [0.29, 0.717) is 30.3 Å². The van der Waals surface area contributed by atoms with Crippen LogP contribution in [0.5, 0.6) is 11.5 Å². The van der Waals surface area contributed by atoms with Gasteiger partial charge in [0, 0.05) is 23.5 Å². The second kappa shape index (κ2) is 7.26. The standard InChI is InChI=1S/C15H15IN2O3/c1-2-20-13-7-11(15(17)19)6-12(16)14(13)21-9-10-4-3-5-18-8-10/h3-8H,2,9H2,1H3,(H2,17,19). The molecule has 0 radical (unpaired) electrons. The summed E-state index contributed by atoms with van der Waals surface area (Å²) >= 11 is 2.10. The molecule has 0 aliphatic rings. The Labute approximate surface area is 136 Å². The van der Waals surface area contributed by atoms with E-state index in [1.165, 1.54) is 0 Å². The Morgan fingerprint density at radius 3 is 2.81 bits per heavy atom. The van der Waals surface area contributed by atoms with Crippen molar-refractivity contribution >= 4 is 28.5 Å². The highest BCUT2D eigenvalue weighted by Gasteiger charge is 2.14. The van der Waals surface area contributed by atoms with Gasteiger partial charge in [0.1, 0.15) is 6.61 Å². The lowest BCUT2D eigenvalue weighted by molar-refractivity contribution is 0.0999. The zero-order chi connectivity index (χ0) is 15.2. The van der Waals surface area contributed by atoms with Crippen LogP contribution in [0.15, 0.2) is 36.7 Å².